The summed E-state index contributed by atoms with van der Waals surface area (Å²) in [5.74, 6) is 6.55. The van der Waals surface area contributed by atoms with Crippen LogP contribution < -0.4 is 4.90 Å². The van der Waals surface area contributed by atoms with E-state index in [2.05, 4.69) is 55.0 Å². The molecular formula is C38H51NO8. The third kappa shape index (κ3) is 8.01. The van der Waals surface area contributed by atoms with Gasteiger partial charge in [0.1, 0.15) is 12.2 Å². The SMILES string of the molecule is CC#C[C@]1(O)CC[C@H]2[C@@H]3CCC4=CC(=O)CCC4=C3[C@@H](c3ccc(N(C)CCOCCOCCOCCOCC(=O)O)cc3)C[C@@]21C. The average molecular weight is 650 g/mol. The van der Waals surface area contributed by atoms with Gasteiger partial charge in [-0.05, 0) is 92.2 Å². The van der Waals surface area contributed by atoms with Crippen LogP contribution in [0.2, 0.25) is 0 Å². The number of rotatable bonds is 16. The molecular weight excluding hydrogens is 598 g/mol. The molecule has 0 bridgehead atoms. The number of aliphatic carboxylic acids is 1. The first-order chi connectivity index (χ1) is 22.7. The molecule has 5 atom stereocenters. The monoisotopic (exact) mass is 649 g/mol. The lowest BCUT2D eigenvalue weighted by molar-refractivity contribution is -0.142. The maximum Gasteiger partial charge on any atom is 0.329 e. The Morgan fingerprint density at radius 2 is 1.62 bits per heavy atom. The number of hydrogen-bond donors (Lipinski definition) is 2. The number of likely N-dealkylation sites (N-methyl/N-ethyl adjacent to an activating group) is 1. The van der Waals surface area contributed by atoms with E-state index in [0.29, 0.717) is 57.9 Å². The van der Waals surface area contributed by atoms with Crippen LogP contribution in [0.1, 0.15) is 70.3 Å². The average Bonchev–Trinajstić information content (AvgIpc) is 3.32. The number of fused-ring (bicyclic) bond motifs is 4. The number of ketones is 1. The van der Waals surface area contributed by atoms with E-state index in [0.717, 1.165) is 50.8 Å². The second-order valence-electron chi connectivity index (χ2n) is 13.6. The van der Waals surface area contributed by atoms with Crippen LogP contribution in [0.15, 0.2) is 47.1 Å². The van der Waals surface area contributed by atoms with Crippen LogP contribution in [0.25, 0.3) is 0 Å². The normalized spacial score (nSPS) is 28.1. The minimum absolute atomic E-state index is 0.190. The van der Waals surface area contributed by atoms with Gasteiger partial charge in [0.15, 0.2) is 5.78 Å². The molecule has 0 radical (unpaired) electrons. The molecule has 4 aliphatic carbocycles. The van der Waals surface area contributed by atoms with Crippen LogP contribution >= 0.6 is 0 Å². The molecule has 0 aromatic heterocycles. The Hall–Kier alpha value is -3.00. The van der Waals surface area contributed by atoms with E-state index in [1.54, 1.807) is 0 Å². The van der Waals surface area contributed by atoms with Crippen molar-refractivity contribution in [1.82, 2.24) is 0 Å². The zero-order valence-corrected chi connectivity index (χ0v) is 28.2. The minimum Gasteiger partial charge on any atom is -0.480 e. The van der Waals surface area contributed by atoms with Crippen LogP contribution in [0.4, 0.5) is 5.69 Å². The molecule has 0 amide bonds. The van der Waals surface area contributed by atoms with Crippen LogP contribution in [-0.2, 0) is 28.5 Å². The maximum atomic E-state index is 12.4. The van der Waals surface area contributed by atoms with Crippen molar-refractivity contribution in [2.75, 3.05) is 71.3 Å². The summed E-state index contributed by atoms with van der Waals surface area (Å²) in [6.45, 7) is 7.51. The minimum atomic E-state index is -0.991. The van der Waals surface area contributed by atoms with Gasteiger partial charge < -0.3 is 34.1 Å². The van der Waals surface area contributed by atoms with E-state index in [-0.39, 0.29) is 30.3 Å². The highest BCUT2D eigenvalue weighted by atomic mass is 16.6. The lowest BCUT2D eigenvalue weighted by Gasteiger charge is -2.53. The lowest BCUT2D eigenvalue weighted by Crippen LogP contribution is -2.51. The van der Waals surface area contributed by atoms with Gasteiger partial charge in [0.05, 0.1) is 46.2 Å². The van der Waals surface area contributed by atoms with Crippen molar-refractivity contribution in [3.05, 3.63) is 52.6 Å². The molecule has 9 nitrogen and oxygen atoms in total. The molecule has 0 heterocycles. The third-order valence-electron chi connectivity index (χ3n) is 10.9. The number of carboxylic acid groups (broad SMARTS) is 1. The lowest BCUT2D eigenvalue weighted by atomic mass is 9.51. The highest BCUT2D eigenvalue weighted by Crippen LogP contribution is 2.66. The van der Waals surface area contributed by atoms with Gasteiger partial charge in [0.25, 0.3) is 0 Å². The summed E-state index contributed by atoms with van der Waals surface area (Å²) in [4.78, 5) is 24.9. The predicted molar refractivity (Wildman–Crippen MR) is 179 cm³/mol. The molecule has 2 N–H and O–H groups in total. The van der Waals surface area contributed by atoms with Crippen molar-refractivity contribution in [2.45, 2.75) is 70.3 Å². The fourth-order valence-electron chi connectivity index (χ4n) is 8.49. The first kappa shape index (κ1) is 35.3. The molecule has 9 heteroatoms. The smallest absolute Gasteiger partial charge is 0.329 e. The predicted octanol–water partition coefficient (Wildman–Crippen LogP) is 4.93. The molecule has 1 aromatic carbocycles. The van der Waals surface area contributed by atoms with E-state index in [4.69, 9.17) is 24.1 Å². The van der Waals surface area contributed by atoms with Crippen LogP contribution in [0, 0.1) is 29.1 Å². The van der Waals surface area contributed by atoms with Crippen molar-refractivity contribution in [3.63, 3.8) is 0 Å². The number of carbonyl (C=O) groups excluding carboxylic acids is 1. The topological polar surface area (TPSA) is 115 Å². The Morgan fingerprint density at radius 1 is 0.957 bits per heavy atom. The molecule has 0 unspecified atom stereocenters. The van der Waals surface area contributed by atoms with Crippen molar-refractivity contribution in [2.24, 2.45) is 17.3 Å². The number of ether oxygens (including phenoxy) is 4. The Labute approximate surface area is 279 Å². The third-order valence-corrected chi connectivity index (χ3v) is 10.9. The molecule has 0 aliphatic heterocycles. The summed E-state index contributed by atoms with van der Waals surface area (Å²) in [6.07, 6.45) is 7.90. The molecule has 0 spiro atoms. The number of benzene rings is 1. The molecule has 256 valence electrons. The Morgan fingerprint density at radius 3 is 2.28 bits per heavy atom. The van der Waals surface area contributed by atoms with Crippen LogP contribution in [-0.4, -0.2) is 94.0 Å². The quantitative estimate of drug-likeness (QED) is 0.190. The van der Waals surface area contributed by atoms with Crippen molar-refractivity contribution >= 4 is 17.4 Å². The second-order valence-corrected chi connectivity index (χ2v) is 13.6. The summed E-state index contributed by atoms with van der Waals surface area (Å²) < 4.78 is 21.6. The number of carbonyl (C=O) groups is 2. The highest BCUT2D eigenvalue weighted by molar-refractivity contribution is 5.93. The Kier molecular flexibility index (Phi) is 12.0. The molecule has 1 aromatic rings. The van der Waals surface area contributed by atoms with Gasteiger partial charge in [-0.25, -0.2) is 4.79 Å². The van der Waals surface area contributed by atoms with E-state index in [9.17, 15) is 14.7 Å². The molecule has 0 saturated heterocycles. The largest absolute Gasteiger partial charge is 0.480 e. The van der Waals surface area contributed by atoms with Crippen molar-refractivity contribution in [1.29, 1.82) is 0 Å². The van der Waals surface area contributed by atoms with E-state index in [1.165, 1.54) is 22.3 Å². The molecule has 2 saturated carbocycles. The summed E-state index contributed by atoms with van der Waals surface area (Å²) in [7, 11) is 2.07. The summed E-state index contributed by atoms with van der Waals surface area (Å²) >= 11 is 0. The van der Waals surface area contributed by atoms with Gasteiger partial charge in [-0.15, -0.1) is 5.92 Å². The Bertz CT molecular complexity index is 1390. The standard InChI is InChI=1S/C38H51NO8/c1-4-14-38(43)15-13-34-32-11-7-28-24-30(40)10-12-31(28)36(32)33(25-37(34,38)2)27-5-8-29(9-6-27)39(3)16-17-44-18-19-45-20-21-46-22-23-47-26-35(41)42/h5-6,8-9,24,32-34,43H,7,10-13,15-23,25-26H2,1-3H3,(H,41,42)/t32-,33+,34-,37-,38-/m0/s1. The molecule has 5 rings (SSSR count). The van der Waals surface area contributed by atoms with Gasteiger partial charge in [-0.3, -0.25) is 4.79 Å². The fraction of sp³-hybridized carbons (Fsp3) is 0.632. The van der Waals surface area contributed by atoms with Crippen LogP contribution in [0.5, 0.6) is 0 Å². The number of anilines is 1. The Balaban J connectivity index is 1.16. The van der Waals surface area contributed by atoms with Crippen LogP contribution in [0.3, 0.4) is 0 Å². The van der Waals surface area contributed by atoms with Gasteiger partial charge in [0, 0.05) is 37.0 Å². The zero-order chi connectivity index (χ0) is 33.4. The number of allylic oxidation sites excluding steroid dienone is 4. The van der Waals surface area contributed by atoms with Gasteiger partial charge in [-0.2, -0.15) is 0 Å². The summed E-state index contributed by atoms with van der Waals surface area (Å²) in [5, 5.41) is 20.4. The zero-order valence-electron chi connectivity index (χ0n) is 28.2. The van der Waals surface area contributed by atoms with E-state index < -0.39 is 11.6 Å². The molecule has 4 aliphatic rings. The summed E-state index contributed by atoms with van der Waals surface area (Å²) in [5.41, 5.74) is 5.33. The second kappa shape index (κ2) is 15.9. The van der Waals surface area contributed by atoms with Crippen molar-refractivity contribution in [3.8, 4) is 11.8 Å². The first-order valence-corrected chi connectivity index (χ1v) is 17.1. The summed E-state index contributed by atoms with van der Waals surface area (Å²) in [6, 6.07) is 8.89. The highest BCUT2D eigenvalue weighted by Gasteiger charge is 2.62. The maximum absolute atomic E-state index is 12.4. The first-order valence-electron chi connectivity index (χ1n) is 17.1. The van der Waals surface area contributed by atoms with Gasteiger partial charge in [0.2, 0.25) is 0 Å². The van der Waals surface area contributed by atoms with Crippen molar-refractivity contribution < 1.29 is 38.7 Å². The number of hydrogen-bond acceptors (Lipinski definition) is 8. The van der Waals surface area contributed by atoms with Gasteiger partial charge in [-0.1, -0.05) is 30.6 Å². The fourth-order valence-corrected chi connectivity index (χ4v) is 8.49. The molecule has 2 fully saturated rings. The van der Waals surface area contributed by atoms with E-state index in [1.807, 2.05) is 13.0 Å². The number of aliphatic hydroxyl groups is 1. The van der Waals surface area contributed by atoms with E-state index >= 15 is 0 Å². The number of nitrogens with zero attached hydrogens (tertiary/aromatic N) is 1. The number of carboxylic acids is 1. The molecule has 47 heavy (non-hydrogen) atoms. The van der Waals surface area contributed by atoms with Gasteiger partial charge >= 0.3 is 5.97 Å².